The number of ether oxygens (including phenoxy) is 2. The number of hydrogen-bond acceptors (Lipinski definition) is 11. The van der Waals surface area contributed by atoms with Gasteiger partial charge in [-0.1, -0.05) is 94.9 Å². The lowest BCUT2D eigenvalue weighted by atomic mass is 10.0. The van der Waals surface area contributed by atoms with Crippen LogP contribution in [-0.4, -0.2) is 67.0 Å². The van der Waals surface area contributed by atoms with Crippen LogP contribution in [0.5, 0.6) is 0 Å². The highest BCUT2D eigenvalue weighted by molar-refractivity contribution is 6.35. The van der Waals surface area contributed by atoms with Crippen LogP contribution in [0, 0.1) is 36.5 Å². The Kier molecular flexibility index (Phi) is 21.1. The summed E-state index contributed by atoms with van der Waals surface area (Å²) in [6.07, 6.45) is 0.489. The topological polar surface area (TPSA) is 251 Å². The molecule has 6 aromatic rings. The number of amides is 3. The number of nitrogens with zero attached hydrogens (tertiary/aromatic N) is 2. The number of anilines is 2. The number of nitrogens with two attached hydrogens (primary N) is 1. The third kappa shape index (κ3) is 16.2. The molecule has 0 fully saturated rings. The molecule has 6 aromatic carbocycles. The van der Waals surface area contributed by atoms with Crippen molar-refractivity contribution in [3.05, 3.63) is 197 Å². The number of benzene rings is 6. The van der Waals surface area contributed by atoms with E-state index in [1.807, 2.05) is 12.1 Å². The first-order valence-corrected chi connectivity index (χ1v) is 22.5. The predicted octanol–water partition coefficient (Wildman–Crippen LogP) is 9.79. The number of carbonyl (C=O) groups is 6. The molecule has 0 bridgehead atoms. The second kappa shape index (κ2) is 26.8. The molecule has 0 saturated heterocycles. The predicted molar refractivity (Wildman–Crippen MR) is 271 cm³/mol. The van der Waals surface area contributed by atoms with E-state index >= 15 is 0 Å². The third-order valence-electron chi connectivity index (χ3n) is 10.2. The summed E-state index contributed by atoms with van der Waals surface area (Å²) in [4.78, 5) is 71.9. The minimum absolute atomic E-state index is 0.159. The number of nitrogens with one attached hydrogen (secondary N) is 3. The highest BCUT2D eigenvalue weighted by atomic mass is 35.5. The quantitative estimate of drug-likeness (QED) is 0.0678. The highest BCUT2D eigenvalue weighted by Gasteiger charge is 2.25. The summed E-state index contributed by atoms with van der Waals surface area (Å²) in [5.41, 5.74) is 11.2. The van der Waals surface area contributed by atoms with Crippen LogP contribution in [0.4, 0.5) is 11.4 Å². The van der Waals surface area contributed by atoms with E-state index in [4.69, 9.17) is 72.5 Å². The van der Waals surface area contributed by atoms with E-state index in [1.165, 1.54) is 44.6 Å². The van der Waals surface area contributed by atoms with Crippen LogP contribution in [0.3, 0.4) is 0 Å². The number of carboxylic acids is 1. The Balaban J connectivity index is 0.000000263. The number of aromatic carboxylic acids is 1. The summed E-state index contributed by atoms with van der Waals surface area (Å²) in [5, 5.41) is 35.8. The molecule has 2 unspecified atom stereocenters. The lowest BCUT2D eigenvalue weighted by molar-refractivity contribution is -0.143. The van der Waals surface area contributed by atoms with Crippen LogP contribution in [0.15, 0.2) is 121 Å². The molecule has 15 nitrogen and oxygen atoms in total. The number of carboxylic acid groups (broad SMARTS) is 1. The van der Waals surface area contributed by atoms with Gasteiger partial charge in [-0.2, -0.15) is 10.5 Å². The molecule has 0 radical (unpaired) electrons. The van der Waals surface area contributed by atoms with Gasteiger partial charge in [-0.25, -0.2) is 9.59 Å². The van der Waals surface area contributed by atoms with Gasteiger partial charge in [0.05, 0.1) is 79.8 Å². The van der Waals surface area contributed by atoms with Crippen molar-refractivity contribution in [2.75, 3.05) is 24.9 Å². The van der Waals surface area contributed by atoms with E-state index in [2.05, 4.69) is 20.7 Å². The summed E-state index contributed by atoms with van der Waals surface area (Å²) in [7, 11) is 2.53. The van der Waals surface area contributed by atoms with Crippen LogP contribution in [-0.2, 0) is 31.9 Å². The molecule has 6 N–H and O–H groups in total. The lowest BCUT2D eigenvalue weighted by Crippen LogP contribution is -2.43. The zero-order valence-electron chi connectivity index (χ0n) is 38.3. The van der Waals surface area contributed by atoms with Crippen molar-refractivity contribution in [2.45, 2.75) is 38.8 Å². The molecule has 2 atom stereocenters. The SMILES string of the molecule is COC(=O)C(Cc1ccc(NC(=O)c2cc(C#N)ccc2Cl)cc1)NC(=O)c1c(C)cccc1Cl.COC(=O)C(N)Cc1ccc(NC(=O)c2cc(C#N)ccc2Cl)cc1.Cc1cccc(Cl)c1C(=O)O. The minimum Gasteiger partial charge on any atom is -0.478 e. The van der Waals surface area contributed by atoms with E-state index in [1.54, 1.807) is 105 Å². The number of aryl methyl sites for hydroxylation is 2. The van der Waals surface area contributed by atoms with E-state index in [0.717, 1.165) is 11.1 Å². The maximum Gasteiger partial charge on any atom is 0.337 e. The minimum atomic E-state index is -0.979. The summed E-state index contributed by atoms with van der Waals surface area (Å²) in [6.45, 7) is 3.47. The summed E-state index contributed by atoms with van der Waals surface area (Å²) in [6, 6.07) is 34.9. The fraction of sp³-hybridized carbons (Fsp3) is 0.154. The van der Waals surface area contributed by atoms with Gasteiger partial charge in [-0.3, -0.25) is 19.2 Å². The largest absolute Gasteiger partial charge is 0.478 e. The average molecular weight is 1040 g/mol. The Morgan fingerprint density at radius 3 is 1.38 bits per heavy atom. The van der Waals surface area contributed by atoms with Gasteiger partial charge >= 0.3 is 17.9 Å². The Hall–Kier alpha value is -7.76. The molecule has 0 aliphatic heterocycles. The monoisotopic (exact) mass is 1040 g/mol. The van der Waals surface area contributed by atoms with Crippen LogP contribution in [0.2, 0.25) is 20.1 Å². The maximum atomic E-state index is 12.8. The zero-order valence-corrected chi connectivity index (χ0v) is 41.3. The second-order valence-corrected chi connectivity index (χ2v) is 16.8. The van der Waals surface area contributed by atoms with E-state index in [9.17, 15) is 28.8 Å². The molecule has 3 amide bonds. The number of rotatable bonds is 13. The van der Waals surface area contributed by atoms with Gasteiger partial charge in [-0.05, 0) is 115 Å². The third-order valence-corrected chi connectivity index (χ3v) is 11.5. The molecular weight excluding hydrogens is 994 g/mol. The number of carbonyl (C=O) groups excluding carboxylic acids is 5. The molecule has 0 aromatic heterocycles. The Labute approximate surface area is 429 Å². The number of methoxy groups -OCH3 is 2. The van der Waals surface area contributed by atoms with Crippen molar-refractivity contribution in [3.8, 4) is 12.1 Å². The van der Waals surface area contributed by atoms with Crippen molar-refractivity contribution >= 4 is 93.4 Å². The summed E-state index contributed by atoms with van der Waals surface area (Å²) in [5.74, 6) is -3.43. The standard InChI is InChI=1S/C26H21Cl2N3O4.C18H16ClN3O3.C8H7ClO2/c1-15-4-3-5-21(28)23(15)25(33)31-22(26(34)35-2)13-16-6-9-18(10-7-16)30-24(32)19-12-17(14-29)8-11-20(19)27;1-25-18(24)16(21)9-11-2-5-13(6-3-11)22-17(23)14-8-12(10-20)4-7-15(14)19;1-5-3-2-4-6(9)7(5)8(10)11/h3-12,22H,13H2,1-2H3,(H,30,32)(H,31,33);2-8,16H,9,21H2,1H3,(H,22,23);2-4H,1H3,(H,10,11). The van der Waals surface area contributed by atoms with Gasteiger partial charge in [0.15, 0.2) is 0 Å². The highest BCUT2D eigenvalue weighted by Crippen LogP contribution is 2.24. The van der Waals surface area contributed by atoms with Crippen LogP contribution in [0.25, 0.3) is 0 Å². The maximum absolute atomic E-state index is 12.8. The Morgan fingerprint density at radius 1 is 0.577 bits per heavy atom. The first-order valence-electron chi connectivity index (χ1n) is 21.0. The summed E-state index contributed by atoms with van der Waals surface area (Å²) >= 11 is 23.9. The van der Waals surface area contributed by atoms with Gasteiger partial charge in [-0.15, -0.1) is 0 Å². The molecule has 6 rings (SSSR count). The molecule has 71 heavy (non-hydrogen) atoms. The normalized spacial score (nSPS) is 11.0. The fourth-order valence-electron chi connectivity index (χ4n) is 6.50. The molecule has 0 spiro atoms. The molecule has 364 valence electrons. The average Bonchev–Trinajstić information content (AvgIpc) is 3.34. The van der Waals surface area contributed by atoms with E-state index in [0.29, 0.717) is 45.6 Å². The first-order chi connectivity index (χ1) is 33.8. The number of hydrogen-bond donors (Lipinski definition) is 5. The molecular formula is C52H44Cl4N6O9. The van der Waals surface area contributed by atoms with Gasteiger partial charge in [0.25, 0.3) is 17.7 Å². The molecule has 0 aliphatic rings. The van der Waals surface area contributed by atoms with Crippen molar-refractivity contribution in [1.82, 2.24) is 5.32 Å². The van der Waals surface area contributed by atoms with Gasteiger partial charge < -0.3 is 36.3 Å². The van der Waals surface area contributed by atoms with Crippen LogP contribution < -0.4 is 21.7 Å². The van der Waals surface area contributed by atoms with E-state index in [-0.39, 0.29) is 43.2 Å². The zero-order chi connectivity index (χ0) is 52.4. The number of nitriles is 2. The summed E-state index contributed by atoms with van der Waals surface area (Å²) < 4.78 is 9.44. The van der Waals surface area contributed by atoms with Crippen molar-refractivity contribution in [1.29, 1.82) is 10.5 Å². The van der Waals surface area contributed by atoms with Crippen molar-refractivity contribution < 1.29 is 43.3 Å². The van der Waals surface area contributed by atoms with Crippen LogP contribution in [0.1, 0.15) is 74.8 Å². The van der Waals surface area contributed by atoms with Crippen LogP contribution >= 0.6 is 46.4 Å². The molecule has 0 heterocycles. The Bertz CT molecular complexity index is 2990. The van der Waals surface area contributed by atoms with Gasteiger partial charge in [0, 0.05) is 17.8 Å². The molecule has 19 heteroatoms. The molecule has 0 saturated carbocycles. The van der Waals surface area contributed by atoms with Crippen molar-refractivity contribution in [3.63, 3.8) is 0 Å². The number of halogens is 4. The molecule has 0 aliphatic carbocycles. The fourth-order valence-corrected chi connectivity index (χ4v) is 7.51. The second-order valence-electron chi connectivity index (χ2n) is 15.2. The number of esters is 2. The van der Waals surface area contributed by atoms with E-state index < -0.39 is 47.7 Å². The Morgan fingerprint density at radius 2 is 1.00 bits per heavy atom. The lowest BCUT2D eigenvalue weighted by Gasteiger charge is -2.18. The van der Waals surface area contributed by atoms with Gasteiger partial charge in [0.2, 0.25) is 0 Å². The first kappa shape index (κ1) is 55.8. The van der Waals surface area contributed by atoms with Crippen molar-refractivity contribution in [2.24, 2.45) is 5.73 Å². The van der Waals surface area contributed by atoms with Gasteiger partial charge in [0.1, 0.15) is 12.1 Å². The smallest absolute Gasteiger partial charge is 0.337 e.